The SMILES string of the molecule is OC1(Cc2cnco2)CCNCC1. The first-order chi connectivity index (χ1) is 6.29. The van der Waals surface area contributed by atoms with Gasteiger partial charge in [-0.15, -0.1) is 0 Å². The van der Waals surface area contributed by atoms with E-state index in [4.69, 9.17) is 4.42 Å². The maximum Gasteiger partial charge on any atom is 0.180 e. The summed E-state index contributed by atoms with van der Waals surface area (Å²) >= 11 is 0. The second-order valence-electron chi connectivity index (χ2n) is 3.62. The molecule has 0 saturated carbocycles. The van der Waals surface area contributed by atoms with Crippen molar-refractivity contribution >= 4 is 0 Å². The molecular weight excluding hydrogens is 168 g/mol. The van der Waals surface area contributed by atoms with Gasteiger partial charge in [0.05, 0.1) is 11.8 Å². The van der Waals surface area contributed by atoms with Crippen molar-refractivity contribution in [3.8, 4) is 0 Å². The molecular formula is C9H14N2O2. The van der Waals surface area contributed by atoms with Gasteiger partial charge in [-0.05, 0) is 25.9 Å². The molecule has 0 atom stereocenters. The van der Waals surface area contributed by atoms with Gasteiger partial charge >= 0.3 is 0 Å². The zero-order chi connectivity index (χ0) is 9.15. The van der Waals surface area contributed by atoms with Gasteiger partial charge in [0.2, 0.25) is 0 Å². The van der Waals surface area contributed by atoms with Crippen LogP contribution in [0.2, 0.25) is 0 Å². The van der Waals surface area contributed by atoms with Crippen molar-refractivity contribution < 1.29 is 9.52 Å². The summed E-state index contributed by atoms with van der Waals surface area (Å²) in [5.41, 5.74) is -0.592. The van der Waals surface area contributed by atoms with Crippen LogP contribution >= 0.6 is 0 Å². The molecule has 1 aliphatic heterocycles. The molecule has 1 aromatic heterocycles. The Hall–Kier alpha value is -0.870. The molecule has 0 aliphatic carbocycles. The summed E-state index contributed by atoms with van der Waals surface area (Å²) in [4.78, 5) is 3.83. The summed E-state index contributed by atoms with van der Waals surface area (Å²) in [5, 5.41) is 13.3. The maximum absolute atomic E-state index is 10.1. The molecule has 13 heavy (non-hydrogen) atoms. The van der Waals surface area contributed by atoms with Crippen molar-refractivity contribution in [2.75, 3.05) is 13.1 Å². The van der Waals surface area contributed by atoms with Gasteiger partial charge in [-0.1, -0.05) is 0 Å². The number of nitrogens with zero attached hydrogens (tertiary/aromatic N) is 1. The topological polar surface area (TPSA) is 58.3 Å². The van der Waals surface area contributed by atoms with Gasteiger partial charge in [-0.25, -0.2) is 4.98 Å². The minimum Gasteiger partial charge on any atom is -0.448 e. The standard InChI is InChI=1S/C9H14N2O2/c12-9(1-3-10-4-2-9)5-8-6-11-7-13-8/h6-7,10,12H,1-5H2. The lowest BCUT2D eigenvalue weighted by molar-refractivity contribution is 0.00661. The van der Waals surface area contributed by atoms with E-state index in [1.165, 1.54) is 6.39 Å². The maximum atomic E-state index is 10.1. The number of aromatic nitrogens is 1. The Morgan fingerprint density at radius 1 is 1.54 bits per heavy atom. The quantitative estimate of drug-likeness (QED) is 0.692. The smallest absolute Gasteiger partial charge is 0.180 e. The predicted molar refractivity (Wildman–Crippen MR) is 47.3 cm³/mol. The first kappa shape index (κ1) is 8.72. The average molecular weight is 182 g/mol. The molecule has 4 heteroatoms. The highest BCUT2D eigenvalue weighted by atomic mass is 16.3. The van der Waals surface area contributed by atoms with Crippen molar-refractivity contribution in [2.45, 2.75) is 24.9 Å². The van der Waals surface area contributed by atoms with Crippen LogP contribution in [0, 0.1) is 0 Å². The van der Waals surface area contributed by atoms with E-state index in [0.717, 1.165) is 31.7 Å². The second-order valence-corrected chi connectivity index (χ2v) is 3.62. The van der Waals surface area contributed by atoms with Crippen molar-refractivity contribution in [3.05, 3.63) is 18.4 Å². The second kappa shape index (κ2) is 3.47. The third-order valence-electron chi connectivity index (χ3n) is 2.52. The van der Waals surface area contributed by atoms with Crippen molar-refractivity contribution in [1.29, 1.82) is 0 Å². The van der Waals surface area contributed by atoms with Gasteiger partial charge < -0.3 is 14.8 Å². The fraction of sp³-hybridized carbons (Fsp3) is 0.667. The number of rotatable bonds is 2. The molecule has 0 radical (unpaired) electrons. The van der Waals surface area contributed by atoms with Crippen LogP contribution in [0.5, 0.6) is 0 Å². The molecule has 0 amide bonds. The largest absolute Gasteiger partial charge is 0.448 e. The molecule has 1 fully saturated rings. The molecule has 72 valence electrons. The van der Waals surface area contributed by atoms with Crippen LogP contribution in [0.4, 0.5) is 0 Å². The molecule has 2 heterocycles. The van der Waals surface area contributed by atoms with E-state index in [1.54, 1.807) is 6.20 Å². The first-order valence-corrected chi connectivity index (χ1v) is 4.59. The summed E-state index contributed by atoms with van der Waals surface area (Å²) in [6, 6.07) is 0. The fourth-order valence-electron chi connectivity index (χ4n) is 1.72. The van der Waals surface area contributed by atoms with E-state index in [0.29, 0.717) is 6.42 Å². The Balaban J connectivity index is 1.99. The van der Waals surface area contributed by atoms with E-state index in [1.807, 2.05) is 0 Å². The van der Waals surface area contributed by atoms with E-state index < -0.39 is 5.60 Å². The predicted octanol–water partition coefficient (Wildman–Crippen LogP) is 0.332. The number of aliphatic hydroxyl groups is 1. The van der Waals surface area contributed by atoms with Gasteiger partial charge in [0.25, 0.3) is 0 Å². The van der Waals surface area contributed by atoms with Gasteiger partial charge in [0.1, 0.15) is 5.76 Å². The third-order valence-corrected chi connectivity index (χ3v) is 2.52. The lowest BCUT2D eigenvalue weighted by Gasteiger charge is -2.31. The van der Waals surface area contributed by atoms with Gasteiger partial charge in [-0.3, -0.25) is 0 Å². The normalized spacial score (nSPS) is 21.6. The summed E-state index contributed by atoms with van der Waals surface area (Å²) < 4.78 is 5.11. The fourth-order valence-corrected chi connectivity index (χ4v) is 1.72. The highest BCUT2D eigenvalue weighted by molar-refractivity contribution is 4.98. The number of piperidine rings is 1. The van der Waals surface area contributed by atoms with Gasteiger partial charge in [0.15, 0.2) is 6.39 Å². The summed E-state index contributed by atoms with van der Waals surface area (Å²) in [6.45, 7) is 1.76. The molecule has 2 rings (SSSR count). The Morgan fingerprint density at radius 2 is 2.31 bits per heavy atom. The van der Waals surface area contributed by atoms with E-state index in [-0.39, 0.29) is 0 Å². The molecule has 0 aromatic carbocycles. The number of oxazole rings is 1. The van der Waals surface area contributed by atoms with Gasteiger partial charge in [-0.2, -0.15) is 0 Å². The minimum atomic E-state index is -0.592. The van der Waals surface area contributed by atoms with Crippen LogP contribution in [0.3, 0.4) is 0 Å². The molecule has 0 bridgehead atoms. The van der Waals surface area contributed by atoms with Crippen LogP contribution in [0.15, 0.2) is 17.0 Å². The van der Waals surface area contributed by atoms with E-state index in [2.05, 4.69) is 10.3 Å². The summed E-state index contributed by atoms with van der Waals surface area (Å²) in [6.07, 6.45) is 5.22. The molecule has 1 aliphatic rings. The molecule has 2 N–H and O–H groups in total. The summed E-state index contributed by atoms with van der Waals surface area (Å²) in [5.74, 6) is 0.768. The van der Waals surface area contributed by atoms with Gasteiger partial charge in [0, 0.05) is 6.42 Å². The average Bonchev–Trinajstić information content (AvgIpc) is 2.57. The highest BCUT2D eigenvalue weighted by Crippen LogP contribution is 2.22. The molecule has 1 saturated heterocycles. The lowest BCUT2D eigenvalue weighted by atomic mass is 9.88. The van der Waals surface area contributed by atoms with Crippen LogP contribution in [0.25, 0.3) is 0 Å². The number of hydrogen-bond acceptors (Lipinski definition) is 4. The Bertz CT molecular complexity index is 253. The molecule has 0 spiro atoms. The van der Waals surface area contributed by atoms with E-state index in [9.17, 15) is 5.11 Å². The van der Waals surface area contributed by atoms with Crippen LogP contribution in [0.1, 0.15) is 18.6 Å². The third kappa shape index (κ3) is 2.08. The molecule has 4 nitrogen and oxygen atoms in total. The Kier molecular flexibility index (Phi) is 2.33. The minimum absolute atomic E-state index is 0.578. The van der Waals surface area contributed by atoms with E-state index >= 15 is 0 Å². The summed E-state index contributed by atoms with van der Waals surface area (Å²) in [7, 11) is 0. The lowest BCUT2D eigenvalue weighted by Crippen LogP contribution is -2.43. The number of hydrogen-bond donors (Lipinski definition) is 2. The number of nitrogens with one attached hydrogen (secondary N) is 1. The monoisotopic (exact) mass is 182 g/mol. The van der Waals surface area contributed by atoms with Crippen LogP contribution in [-0.4, -0.2) is 28.8 Å². The van der Waals surface area contributed by atoms with Crippen molar-refractivity contribution in [1.82, 2.24) is 10.3 Å². The Labute approximate surface area is 77.0 Å². The van der Waals surface area contributed by atoms with Crippen molar-refractivity contribution in [3.63, 3.8) is 0 Å². The van der Waals surface area contributed by atoms with Crippen LogP contribution < -0.4 is 5.32 Å². The Morgan fingerprint density at radius 3 is 2.92 bits per heavy atom. The molecule has 1 aromatic rings. The van der Waals surface area contributed by atoms with Crippen molar-refractivity contribution in [2.24, 2.45) is 0 Å². The first-order valence-electron chi connectivity index (χ1n) is 4.59. The highest BCUT2D eigenvalue weighted by Gasteiger charge is 2.30. The zero-order valence-corrected chi connectivity index (χ0v) is 7.49. The molecule has 0 unspecified atom stereocenters. The zero-order valence-electron chi connectivity index (χ0n) is 7.49. The van der Waals surface area contributed by atoms with Crippen LogP contribution in [-0.2, 0) is 6.42 Å².